The molecule has 0 spiro atoms. The Labute approximate surface area is 101 Å². The Morgan fingerprint density at radius 2 is 1.88 bits per heavy atom. The number of nitrogens with one attached hydrogen (secondary N) is 1. The highest BCUT2D eigenvalue weighted by Gasteiger charge is 2.49. The molecular weight excluding hydrogens is 261 g/mol. The van der Waals surface area contributed by atoms with Gasteiger partial charge in [-0.2, -0.15) is 0 Å². The standard InChI is InChI=1S/C7H11Cl2N3O4/c1-3(2)4(13)16-6(8,9)7(10,11)12-5(14)15/h12H,1,10-11H2,2H3,(H,14,15). The van der Waals surface area contributed by atoms with Crippen molar-refractivity contribution in [1.82, 2.24) is 5.32 Å². The van der Waals surface area contributed by atoms with Gasteiger partial charge in [-0.1, -0.05) is 29.8 Å². The molecule has 0 radical (unpaired) electrons. The SMILES string of the molecule is C=C(C)C(=O)OC(Cl)(Cl)C(N)(N)NC(=O)O. The summed E-state index contributed by atoms with van der Waals surface area (Å²) in [4.78, 5) is 21.4. The zero-order valence-electron chi connectivity index (χ0n) is 8.29. The Hall–Kier alpha value is -1.02. The number of ether oxygens (including phenoxy) is 1. The number of alkyl halides is 2. The summed E-state index contributed by atoms with van der Waals surface area (Å²) >= 11 is 11.0. The lowest BCUT2D eigenvalue weighted by atomic mass is 10.3. The van der Waals surface area contributed by atoms with Gasteiger partial charge < -0.3 is 9.84 Å². The lowest BCUT2D eigenvalue weighted by Gasteiger charge is -2.34. The number of nitrogens with two attached hydrogens (primary N) is 2. The largest absolute Gasteiger partial charge is 0.465 e. The summed E-state index contributed by atoms with van der Waals surface area (Å²) in [5.41, 5.74) is 10.5. The van der Waals surface area contributed by atoms with Crippen molar-refractivity contribution >= 4 is 35.3 Å². The zero-order chi connectivity index (χ0) is 13.1. The summed E-state index contributed by atoms with van der Waals surface area (Å²) in [6.45, 7) is 4.61. The van der Waals surface area contributed by atoms with E-state index in [0.717, 1.165) is 0 Å². The fraction of sp³-hybridized carbons (Fsp3) is 0.429. The van der Waals surface area contributed by atoms with E-state index in [4.69, 9.17) is 39.8 Å². The number of amides is 1. The molecule has 0 aromatic rings. The maximum absolute atomic E-state index is 11.1. The minimum Gasteiger partial charge on any atom is -0.465 e. The first-order valence-electron chi connectivity index (χ1n) is 3.85. The Kier molecular flexibility index (Phi) is 4.56. The van der Waals surface area contributed by atoms with Crippen molar-refractivity contribution in [2.24, 2.45) is 11.5 Å². The molecule has 0 unspecified atom stereocenters. The summed E-state index contributed by atoms with van der Waals surface area (Å²) in [5, 5.41) is 10.0. The number of carbonyl (C=O) groups is 2. The summed E-state index contributed by atoms with van der Waals surface area (Å²) in [5.74, 6) is -3.33. The van der Waals surface area contributed by atoms with Crippen LogP contribution in [0.3, 0.4) is 0 Å². The lowest BCUT2D eigenvalue weighted by molar-refractivity contribution is -0.146. The second-order valence-electron chi connectivity index (χ2n) is 2.99. The van der Waals surface area contributed by atoms with Gasteiger partial charge in [0.15, 0.2) is 0 Å². The molecule has 9 heteroatoms. The predicted octanol–water partition coefficient (Wildman–Crippen LogP) is 0.0759. The average Bonchev–Trinajstić information content (AvgIpc) is 1.99. The molecule has 0 heterocycles. The van der Waals surface area contributed by atoms with E-state index in [1.165, 1.54) is 6.92 Å². The van der Waals surface area contributed by atoms with Crippen LogP contribution in [-0.2, 0) is 9.53 Å². The van der Waals surface area contributed by atoms with Crippen molar-refractivity contribution in [3.63, 3.8) is 0 Å². The fourth-order valence-electron chi connectivity index (χ4n) is 0.538. The van der Waals surface area contributed by atoms with E-state index in [2.05, 4.69) is 11.3 Å². The second kappa shape index (κ2) is 4.88. The van der Waals surface area contributed by atoms with Gasteiger partial charge in [-0.15, -0.1) is 0 Å². The molecule has 1 amide bonds. The van der Waals surface area contributed by atoms with Crippen molar-refractivity contribution in [1.29, 1.82) is 0 Å². The van der Waals surface area contributed by atoms with Gasteiger partial charge in [0.1, 0.15) is 0 Å². The van der Waals surface area contributed by atoms with Crippen LogP contribution < -0.4 is 16.8 Å². The molecule has 6 N–H and O–H groups in total. The number of rotatable bonds is 4. The minimum atomic E-state index is -2.47. The first kappa shape index (κ1) is 15.0. The van der Waals surface area contributed by atoms with Crippen molar-refractivity contribution in [2.45, 2.75) is 17.2 Å². The van der Waals surface area contributed by atoms with E-state index in [9.17, 15) is 9.59 Å². The van der Waals surface area contributed by atoms with Crippen molar-refractivity contribution in [3.8, 4) is 0 Å². The van der Waals surface area contributed by atoms with Gasteiger partial charge >= 0.3 is 16.6 Å². The van der Waals surface area contributed by atoms with Gasteiger partial charge in [0.25, 0.3) is 0 Å². The summed E-state index contributed by atoms with van der Waals surface area (Å²) in [6, 6.07) is 0. The maximum Gasteiger partial charge on any atom is 0.407 e. The first-order chi connectivity index (χ1) is 6.99. The lowest BCUT2D eigenvalue weighted by Crippen LogP contribution is -2.73. The van der Waals surface area contributed by atoms with Gasteiger partial charge in [-0.3, -0.25) is 16.8 Å². The van der Waals surface area contributed by atoms with Gasteiger partial charge in [0, 0.05) is 5.57 Å². The van der Waals surface area contributed by atoms with Crippen LogP contribution in [0.4, 0.5) is 4.79 Å². The van der Waals surface area contributed by atoms with Crippen LogP contribution in [0, 0.1) is 0 Å². The molecule has 0 aromatic heterocycles. The number of hydrogen-bond donors (Lipinski definition) is 4. The topological polar surface area (TPSA) is 128 Å². The number of carboxylic acid groups (broad SMARTS) is 1. The van der Waals surface area contributed by atoms with Crippen LogP contribution in [0.25, 0.3) is 0 Å². The molecular formula is C7H11Cl2N3O4. The van der Waals surface area contributed by atoms with Gasteiger partial charge in [0.2, 0.25) is 5.79 Å². The van der Waals surface area contributed by atoms with Crippen LogP contribution in [0.15, 0.2) is 12.2 Å². The summed E-state index contributed by atoms with van der Waals surface area (Å²) < 4.78 is 2.01. The molecule has 0 aliphatic carbocycles. The second-order valence-corrected chi connectivity index (χ2v) is 4.24. The summed E-state index contributed by atoms with van der Waals surface area (Å²) in [7, 11) is 0. The van der Waals surface area contributed by atoms with Gasteiger partial charge in [-0.25, -0.2) is 9.59 Å². The van der Waals surface area contributed by atoms with Crippen molar-refractivity contribution in [2.75, 3.05) is 0 Å². The molecule has 0 bridgehead atoms. The number of carbonyl (C=O) groups excluding carboxylic acids is 1. The quantitative estimate of drug-likeness (QED) is 0.248. The minimum absolute atomic E-state index is 0.00296. The third-order valence-corrected chi connectivity index (χ3v) is 2.14. The predicted molar refractivity (Wildman–Crippen MR) is 57.6 cm³/mol. The van der Waals surface area contributed by atoms with E-state index >= 15 is 0 Å². The van der Waals surface area contributed by atoms with Gasteiger partial charge in [-0.05, 0) is 6.92 Å². The molecule has 16 heavy (non-hydrogen) atoms. The monoisotopic (exact) mass is 271 g/mol. The highest BCUT2D eigenvalue weighted by Crippen LogP contribution is 2.29. The summed E-state index contributed by atoms with van der Waals surface area (Å²) in [6.07, 6.45) is -1.58. The smallest absolute Gasteiger partial charge is 0.407 e. The Morgan fingerprint density at radius 1 is 1.44 bits per heavy atom. The van der Waals surface area contributed by atoms with E-state index in [0.29, 0.717) is 0 Å². The molecule has 7 nitrogen and oxygen atoms in total. The number of esters is 1. The van der Waals surface area contributed by atoms with Crippen molar-refractivity contribution < 1.29 is 19.4 Å². The molecule has 92 valence electrons. The van der Waals surface area contributed by atoms with Crippen LogP contribution in [0.5, 0.6) is 0 Å². The van der Waals surface area contributed by atoms with Crippen LogP contribution in [-0.4, -0.2) is 27.5 Å². The average molecular weight is 272 g/mol. The van der Waals surface area contributed by atoms with E-state index in [-0.39, 0.29) is 5.57 Å². The van der Waals surface area contributed by atoms with E-state index < -0.39 is 22.4 Å². The Balaban J connectivity index is 4.82. The van der Waals surface area contributed by atoms with Crippen LogP contribution in [0.2, 0.25) is 0 Å². The molecule has 0 fully saturated rings. The molecule has 0 aliphatic heterocycles. The Morgan fingerprint density at radius 3 is 2.19 bits per heavy atom. The molecule has 0 saturated heterocycles. The Bertz CT molecular complexity index is 330. The fourth-order valence-corrected chi connectivity index (χ4v) is 0.772. The highest BCUT2D eigenvalue weighted by atomic mass is 35.5. The molecule has 0 saturated carbocycles. The highest BCUT2D eigenvalue weighted by molar-refractivity contribution is 6.48. The molecule has 0 aliphatic rings. The maximum atomic E-state index is 11.1. The first-order valence-corrected chi connectivity index (χ1v) is 4.60. The third-order valence-electron chi connectivity index (χ3n) is 1.36. The molecule has 0 rings (SSSR count). The number of hydrogen-bond acceptors (Lipinski definition) is 5. The van der Waals surface area contributed by atoms with Gasteiger partial charge in [0.05, 0.1) is 0 Å². The van der Waals surface area contributed by atoms with Crippen LogP contribution in [0.1, 0.15) is 6.92 Å². The van der Waals surface area contributed by atoms with Crippen LogP contribution >= 0.6 is 23.2 Å². The normalized spacial score (nSPS) is 11.8. The zero-order valence-corrected chi connectivity index (χ0v) is 9.80. The molecule has 0 atom stereocenters. The van der Waals surface area contributed by atoms with E-state index in [1.54, 1.807) is 5.32 Å². The van der Waals surface area contributed by atoms with Crippen molar-refractivity contribution in [3.05, 3.63) is 12.2 Å². The number of halogens is 2. The molecule has 0 aromatic carbocycles. The third kappa shape index (κ3) is 3.86. The van der Waals surface area contributed by atoms with E-state index in [1.807, 2.05) is 0 Å².